The van der Waals surface area contributed by atoms with Gasteiger partial charge in [-0.15, -0.1) is 0 Å². The van der Waals surface area contributed by atoms with E-state index in [9.17, 15) is 5.26 Å². The van der Waals surface area contributed by atoms with Crippen molar-refractivity contribution in [3.63, 3.8) is 0 Å². The Morgan fingerprint density at radius 3 is 1.46 bits per heavy atom. The molecule has 292 valence electrons. The van der Waals surface area contributed by atoms with Gasteiger partial charge >= 0.3 is 0 Å². The van der Waals surface area contributed by atoms with Crippen LogP contribution in [0.1, 0.15) is 5.56 Å². The fourth-order valence-electron chi connectivity index (χ4n) is 9.06. The lowest BCUT2D eigenvalue weighted by molar-refractivity contribution is 0.669. The predicted molar refractivity (Wildman–Crippen MR) is 257 cm³/mol. The van der Waals surface area contributed by atoms with E-state index in [1.165, 1.54) is 38.1 Å². The quantitative estimate of drug-likeness (QED) is 0.157. The molecule has 0 bridgehead atoms. The summed E-state index contributed by atoms with van der Waals surface area (Å²) < 4.78 is 6.63. The van der Waals surface area contributed by atoms with Gasteiger partial charge in [-0.1, -0.05) is 164 Å². The third-order valence-electron chi connectivity index (χ3n) is 12.2. The molecule has 0 radical (unpaired) electrons. The fourth-order valence-corrected chi connectivity index (χ4v) is 9.06. The summed E-state index contributed by atoms with van der Waals surface area (Å²) in [4.78, 5) is 15.5. The molecule has 5 nitrogen and oxygen atoms in total. The Morgan fingerprint density at radius 2 is 0.794 bits per heavy atom. The molecule has 12 aromatic rings. The summed E-state index contributed by atoms with van der Waals surface area (Å²) in [6.45, 7) is 0. The Morgan fingerprint density at radius 1 is 0.317 bits per heavy atom. The molecule has 63 heavy (non-hydrogen) atoms. The maximum atomic E-state index is 9.32. The molecule has 0 amide bonds. The van der Waals surface area contributed by atoms with Gasteiger partial charge in [0.15, 0.2) is 17.5 Å². The molecule has 0 saturated heterocycles. The summed E-state index contributed by atoms with van der Waals surface area (Å²) in [7, 11) is 0. The highest BCUT2D eigenvalue weighted by Gasteiger charge is 2.18. The standard InChI is InChI=1S/C58H34N4O/c59-35-36-20-22-38(23-21-36)39-24-26-40(27-25-39)56-60-57(43-28-30-50-48-16-5-4-14-46(48)47-15-6-7-17-49(47)52(50)33-43)62-58(61-56)44-29-31-51-54(34-44)63-53-19-9-18-45(55(51)53)42-13-8-12-41(32-42)37-10-2-1-3-11-37/h1-34H. The van der Waals surface area contributed by atoms with Crippen LogP contribution in [0.3, 0.4) is 0 Å². The number of aromatic nitrogens is 3. The van der Waals surface area contributed by atoms with E-state index >= 15 is 0 Å². The zero-order valence-corrected chi connectivity index (χ0v) is 33.8. The van der Waals surface area contributed by atoms with Gasteiger partial charge in [0.1, 0.15) is 11.2 Å². The molecular formula is C58H34N4O. The summed E-state index contributed by atoms with van der Waals surface area (Å²) in [5, 5.41) is 18.6. The Balaban J connectivity index is 1.01. The molecule has 0 atom stereocenters. The highest BCUT2D eigenvalue weighted by Crippen LogP contribution is 2.40. The molecule has 0 saturated carbocycles. The molecule has 5 heteroatoms. The van der Waals surface area contributed by atoms with Crippen LogP contribution in [-0.2, 0) is 0 Å². The van der Waals surface area contributed by atoms with Gasteiger partial charge in [0.05, 0.1) is 11.6 Å². The van der Waals surface area contributed by atoms with E-state index < -0.39 is 0 Å². The molecule has 0 aliphatic rings. The topological polar surface area (TPSA) is 75.6 Å². The van der Waals surface area contributed by atoms with Crippen LogP contribution in [0.4, 0.5) is 0 Å². The van der Waals surface area contributed by atoms with E-state index in [-0.39, 0.29) is 0 Å². The third-order valence-corrected chi connectivity index (χ3v) is 12.2. The monoisotopic (exact) mass is 802 g/mol. The summed E-state index contributed by atoms with van der Waals surface area (Å²) in [6.07, 6.45) is 0. The molecule has 0 fully saturated rings. The number of rotatable bonds is 6. The largest absolute Gasteiger partial charge is 0.456 e. The molecule has 0 N–H and O–H groups in total. The number of furan rings is 1. The second kappa shape index (κ2) is 14.8. The normalized spacial score (nSPS) is 11.5. The lowest BCUT2D eigenvalue weighted by atomic mass is 9.93. The van der Waals surface area contributed by atoms with Crippen LogP contribution in [0.5, 0.6) is 0 Å². The first kappa shape index (κ1) is 36.2. The Hall–Kier alpha value is -8.72. The van der Waals surface area contributed by atoms with E-state index in [4.69, 9.17) is 19.4 Å². The fraction of sp³-hybridized carbons (Fsp3) is 0. The molecule has 0 unspecified atom stereocenters. The van der Waals surface area contributed by atoms with Gasteiger partial charge in [0.25, 0.3) is 0 Å². The second-order valence-corrected chi connectivity index (χ2v) is 15.9. The van der Waals surface area contributed by atoms with Crippen molar-refractivity contribution in [3.8, 4) is 73.6 Å². The van der Waals surface area contributed by atoms with E-state index in [2.05, 4.69) is 164 Å². The zero-order valence-electron chi connectivity index (χ0n) is 33.8. The van der Waals surface area contributed by atoms with Crippen molar-refractivity contribution in [1.29, 1.82) is 5.26 Å². The molecule has 10 aromatic carbocycles. The Labute approximate surface area is 362 Å². The lowest BCUT2D eigenvalue weighted by Crippen LogP contribution is -2.00. The van der Waals surface area contributed by atoms with Gasteiger partial charge < -0.3 is 4.42 Å². The van der Waals surface area contributed by atoms with Crippen LogP contribution in [0.25, 0.3) is 122 Å². The van der Waals surface area contributed by atoms with Crippen LogP contribution < -0.4 is 0 Å². The minimum atomic E-state index is 0.549. The van der Waals surface area contributed by atoms with E-state index in [0.717, 1.165) is 66.3 Å². The Kier molecular flexibility index (Phi) is 8.48. The first-order valence-corrected chi connectivity index (χ1v) is 21.0. The van der Waals surface area contributed by atoms with Gasteiger partial charge in [0, 0.05) is 27.5 Å². The van der Waals surface area contributed by atoms with Crippen LogP contribution in [0, 0.1) is 11.3 Å². The first-order chi connectivity index (χ1) is 31.1. The second-order valence-electron chi connectivity index (χ2n) is 15.9. The van der Waals surface area contributed by atoms with Crippen LogP contribution >= 0.6 is 0 Å². The lowest BCUT2D eigenvalue weighted by Gasteiger charge is -2.13. The van der Waals surface area contributed by atoms with E-state index in [1.54, 1.807) is 0 Å². The van der Waals surface area contributed by atoms with Crippen molar-refractivity contribution >= 4 is 54.3 Å². The zero-order chi connectivity index (χ0) is 41.9. The van der Waals surface area contributed by atoms with Gasteiger partial charge in [-0.05, 0) is 108 Å². The summed E-state index contributed by atoms with van der Waals surface area (Å²) in [5.74, 6) is 1.69. The number of hydrogen-bond acceptors (Lipinski definition) is 5. The number of benzene rings is 10. The first-order valence-electron chi connectivity index (χ1n) is 21.0. The molecular weight excluding hydrogens is 769 g/mol. The minimum Gasteiger partial charge on any atom is -0.456 e. The van der Waals surface area contributed by atoms with Crippen molar-refractivity contribution in [2.24, 2.45) is 0 Å². The maximum absolute atomic E-state index is 9.32. The average Bonchev–Trinajstić information content (AvgIpc) is 3.75. The van der Waals surface area contributed by atoms with Crippen molar-refractivity contribution in [1.82, 2.24) is 15.0 Å². The number of nitriles is 1. The summed E-state index contributed by atoms with van der Waals surface area (Å²) in [5.41, 5.74) is 11.4. The van der Waals surface area contributed by atoms with Crippen molar-refractivity contribution < 1.29 is 4.42 Å². The molecule has 12 rings (SSSR count). The van der Waals surface area contributed by atoms with Gasteiger partial charge in [-0.2, -0.15) is 5.26 Å². The Bertz CT molecular complexity index is 3750. The van der Waals surface area contributed by atoms with Crippen LogP contribution in [-0.4, -0.2) is 15.0 Å². The molecule has 2 heterocycles. The molecule has 2 aromatic heterocycles. The van der Waals surface area contributed by atoms with Crippen molar-refractivity contribution in [2.75, 3.05) is 0 Å². The number of fused-ring (bicyclic) bond motifs is 9. The molecule has 0 aliphatic heterocycles. The minimum absolute atomic E-state index is 0.549. The van der Waals surface area contributed by atoms with Crippen molar-refractivity contribution in [3.05, 3.63) is 212 Å². The van der Waals surface area contributed by atoms with Crippen LogP contribution in [0.15, 0.2) is 211 Å². The van der Waals surface area contributed by atoms with Crippen LogP contribution in [0.2, 0.25) is 0 Å². The third kappa shape index (κ3) is 6.29. The number of hydrogen-bond donors (Lipinski definition) is 0. The van der Waals surface area contributed by atoms with Crippen molar-refractivity contribution in [2.45, 2.75) is 0 Å². The average molecular weight is 803 g/mol. The van der Waals surface area contributed by atoms with Gasteiger partial charge in [-0.3, -0.25) is 0 Å². The molecule has 0 spiro atoms. The highest BCUT2D eigenvalue weighted by atomic mass is 16.3. The van der Waals surface area contributed by atoms with E-state index in [0.29, 0.717) is 23.0 Å². The SMILES string of the molecule is N#Cc1ccc(-c2ccc(-c3nc(-c4ccc5c(c4)oc4cccc(-c6cccc(-c7ccccc7)c6)c45)nc(-c4ccc5c6ccccc6c6ccccc6c5c4)n3)cc2)cc1. The smallest absolute Gasteiger partial charge is 0.164 e. The van der Waals surface area contributed by atoms with Gasteiger partial charge in [0.2, 0.25) is 0 Å². The predicted octanol–water partition coefficient (Wildman–Crippen LogP) is 15.1. The molecule has 0 aliphatic carbocycles. The number of nitrogens with zero attached hydrogens (tertiary/aromatic N) is 4. The van der Waals surface area contributed by atoms with E-state index in [1.807, 2.05) is 48.5 Å². The highest BCUT2D eigenvalue weighted by molar-refractivity contribution is 6.25. The summed E-state index contributed by atoms with van der Waals surface area (Å²) >= 11 is 0. The van der Waals surface area contributed by atoms with Gasteiger partial charge in [-0.25, -0.2) is 15.0 Å². The summed E-state index contributed by atoms with van der Waals surface area (Å²) in [6, 6.07) is 73.5. The maximum Gasteiger partial charge on any atom is 0.164 e.